The Morgan fingerprint density at radius 2 is 1.48 bits per heavy atom. The standard InChI is InChI=1S/C18H21FIN/c1-2-21-13-16(11-14-3-7-17(19)8-4-14)12-15-5-9-18(20)10-6-15/h3-10,16,21H,2,11-13H2,1H3. The van der Waals surface area contributed by atoms with Crippen molar-refractivity contribution in [2.45, 2.75) is 19.8 Å². The van der Waals surface area contributed by atoms with E-state index in [1.54, 1.807) is 12.1 Å². The molecular weight excluding hydrogens is 376 g/mol. The molecule has 0 aliphatic heterocycles. The molecule has 1 nitrogen and oxygen atoms in total. The van der Waals surface area contributed by atoms with Crippen molar-refractivity contribution in [3.8, 4) is 0 Å². The smallest absolute Gasteiger partial charge is 0.123 e. The third kappa shape index (κ3) is 5.75. The average Bonchev–Trinajstić information content (AvgIpc) is 2.49. The maximum atomic E-state index is 13.0. The van der Waals surface area contributed by atoms with Crippen LogP contribution >= 0.6 is 22.6 Å². The number of rotatable bonds is 7. The summed E-state index contributed by atoms with van der Waals surface area (Å²) in [4.78, 5) is 0. The van der Waals surface area contributed by atoms with Crippen molar-refractivity contribution in [3.63, 3.8) is 0 Å². The highest BCUT2D eigenvalue weighted by molar-refractivity contribution is 14.1. The van der Waals surface area contributed by atoms with Crippen LogP contribution in [0.4, 0.5) is 4.39 Å². The fourth-order valence-electron chi connectivity index (χ4n) is 2.47. The topological polar surface area (TPSA) is 12.0 Å². The van der Waals surface area contributed by atoms with E-state index >= 15 is 0 Å². The molecule has 1 unspecified atom stereocenters. The Kier molecular flexibility index (Phi) is 6.64. The highest BCUT2D eigenvalue weighted by Gasteiger charge is 2.11. The molecule has 112 valence electrons. The Labute approximate surface area is 140 Å². The van der Waals surface area contributed by atoms with E-state index in [9.17, 15) is 4.39 Å². The quantitative estimate of drug-likeness (QED) is 0.682. The van der Waals surface area contributed by atoms with Crippen LogP contribution in [0.3, 0.4) is 0 Å². The Morgan fingerprint density at radius 3 is 2.00 bits per heavy atom. The first-order valence-electron chi connectivity index (χ1n) is 7.37. The highest BCUT2D eigenvalue weighted by Crippen LogP contribution is 2.16. The van der Waals surface area contributed by atoms with Crippen LogP contribution in [-0.2, 0) is 12.8 Å². The fourth-order valence-corrected chi connectivity index (χ4v) is 2.83. The van der Waals surface area contributed by atoms with Crippen LogP contribution in [0.25, 0.3) is 0 Å². The molecule has 0 amide bonds. The minimum atomic E-state index is -0.167. The predicted octanol–water partition coefficient (Wildman–Crippen LogP) is 4.44. The Bertz CT molecular complexity index is 489. The summed E-state index contributed by atoms with van der Waals surface area (Å²) in [7, 11) is 0. The maximum absolute atomic E-state index is 13.0. The van der Waals surface area contributed by atoms with Gasteiger partial charge in [0.15, 0.2) is 0 Å². The first kappa shape index (κ1) is 16.4. The van der Waals surface area contributed by atoms with Crippen LogP contribution in [-0.4, -0.2) is 13.1 Å². The Morgan fingerprint density at radius 1 is 0.952 bits per heavy atom. The lowest BCUT2D eigenvalue weighted by Gasteiger charge is -2.18. The molecule has 2 aromatic rings. The molecule has 21 heavy (non-hydrogen) atoms. The second kappa shape index (κ2) is 8.49. The second-order valence-electron chi connectivity index (χ2n) is 5.33. The monoisotopic (exact) mass is 397 g/mol. The van der Waals surface area contributed by atoms with Crippen LogP contribution in [0.15, 0.2) is 48.5 Å². The van der Waals surface area contributed by atoms with Crippen molar-refractivity contribution >= 4 is 22.6 Å². The maximum Gasteiger partial charge on any atom is 0.123 e. The van der Waals surface area contributed by atoms with Crippen LogP contribution in [0, 0.1) is 15.3 Å². The zero-order chi connectivity index (χ0) is 15.1. The van der Waals surface area contributed by atoms with Gasteiger partial charge in [0.25, 0.3) is 0 Å². The van der Waals surface area contributed by atoms with Crippen molar-refractivity contribution in [1.82, 2.24) is 5.32 Å². The first-order valence-corrected chi connectivity index (χ1v) is 8.45. The fraction of sp³-hybridized carbons (Fsp3) is 0.333. The molecule has 2 rings (SSSR count). The third-order valence-corrected chi connectivity index (χ3v) is 4.28. The summed E-state index contributed by atoms with van der Waals surface area (Å²) < 4.78 is 14.3. The molecule has 1 N–H and O–H groups in total. The van der Waals surface area contributed by atoms with Gasteiger partial charge in [0, 0.05) is 3.57 Å². The lowest BCUT2D eigenvalue weighted by Crippen LogP contribution is -2.25. The molecule has 0 bridgehead atoms. The first-order chi connectivity index (χ1) is 10.2. The summed E-state index contributed by atoms with van der Waals surface area (Å²) in [6.07, 6.45) is 2.01. The van der Waals surface area contributed by atoms with E-state index in [-0.39, 0.29) is 5.82 Å². The van der Waals surface area contributed by atoms with E-state index in [0.717, 1.165) is 25.9 Å². The molecule has 0 aliphatic carbocycles. The molecule has 0 saturated carbocycles. The summed E-state index contributed by atoms with van der Waals surface area (Å²) in [5.74, 6) is 0.357. The summed E-state index contributed by atoms with van der Waals surface area (Å²) in [6, 6.07) is 15.6. The van der Waals surface area contributed by atoms with Crippen LogP contribution in [0.2, 0.25) is 0 Å². The Hall–Kier alpha value is -0.940. The largest absolute Gasteiger partial charge is 0.317 e. The molecule has 0 aromatic heterocycles. The summed E-state index contributed by atoms with van der Waals surface area (Å²) in [5, 5.41) is 3.44. The van der Waals surface area contributed by atoms with Gasteiger partial charge in [-0.3, -0.25) is 0 Å². The van der Waals surface area contributed by atoms with Gasteiger partial charge in [0.1, 0.15) is 5.82 Å². The summed E-state index contributed by atoms with van der Waals surface area (Å²) in [6.45, 7) is 4.09. The van der Waals surface area contributed by atoms with Gasteiger partial charge in [-0.1, -0.05) is 31.2 Å². The summed E-state index contributed by atoms with van der Waals surface area (Å²) in [5.41, 5.74) is 2.56. The molecule has 0 aliphatic rings. The SMILES string of the molecule is CCNCC(Cc1ccc(F)cc1)Cc1ccc(I)cc1. The highest BCUT2D eigenvalue weighted by atomic mass is 127. The van der Waals surface area contributed by atoms with E-state index in [4.69, 9.17) is 0 Å². The average molecular weight is 397 g/mol. The molecule has 3 heteroatoms. The van der Waals surface area contributed by atoms with E-state index < -0.39 is 0 Å². The van der Waals surface area contributed by atoms with Crippen molar-refractivity contribution < 1.29 is 4.39 Å². The van der Waals surface area contributed by atoms with Gasteiger partial charge in [-0.15, -0.1) is 0 Å². The molecule has 1 atom stereocenters. The molecular formula is C18H21FIN. The van der Waals surface area contributed by atoms with Gasteiger partial charge in [-0.05, 0) is 89.8 Å². The van der Waals surface area contributed by atoms with Crippen molar-refractivity contribution in [1.29, 1.82) is 0 Å². The number of nitrogens with one attached hydrogen (secondary N) is 1. The van der Waals surface area contributed by atoms with Gasteiger partial charge < -0.3 is 5.32 Å². The van der Waals surface area contributed by atoms with Crippen molar-refractivity contribution in [2.24, 2.45) is 5.92 Å². The second-order valence-corrected chi connectivity index (χ2v) is 6.58. The van der Waals surface area contributed by atoms with E-state index in [0.29, 0.717) is 5.92 Å². The number of hydrogen-bond acceptors (Lipinski definition) is 1. The molecule has 0 heterocycles. The van der Waals surface area contributed by atoms with E-state index in [2.05, 4.69) is 59.1 Å². The zero-order valence-electron chi connectivity index (χ0n) is 12.3. The number of hydrogen-bond donors (Lipinski definition) is 1. The predicted molar refractivity (Wildman–Crippen MR) is 95.0 cm³/mol. The van der Waals surface area contributed by atoms with Crippen molar-refractivity contribution in [2.75, 3.05) is 13.1 Å². The lowest BCUT2D eigenvalue weighted by atomic mass is 9.92. The molecule has 2 aromatic carbocycles. The zero-order valence-corrected chi connectivity index (χ0v) is 14.4. The lowest BCUT2D eigenvalue weighted by molar-refractivity contribution is 0.478. The van der Waals surface area contributed by atoms with Crippen molar-refractivity contribution in [3.05, 3.63) is 69.0 Å². The Balaban J connectivity index is 2.02. The van der Waals surface area contributed by atoms with Gasteiger partial charge in [0.05, 0.1) is 0 Å². The van der Waals surface area contributed by atoms with Gasteiger partial charge in [-0.2, -0.15) is 0 Å². The van der Waals surface area contributed by atoms with Crippen LogP contribution < -0.4 is 5.32 Å². The van der Waals surface area contributed by atoms with Gasteiger partial charge in [-0.25, -0.2) is 4.39 Å². The van der Waals surface area contributed by atoms with Crippen LogP contribution in [0.5, 0.6) is 0 Å². The molecule has 0 spiro atoms. The molecule has 0 saturated heterocycles. The third-order valence-electron chi connectivity index (χ3n) is 3.56. The van der Waals surface area contributed by atoms with Gasteiger partial charge in [0.2, 0.25) is 0 Å². The van der Waals surface area contributed by atoms with E-state index in [1.807, 2.05) is 12.1 Å². The number of benzene rings is 2. The van der Waals surface area contributed by atoms with Crippen LogP contribution in [0.1, 0.15) is 18.1 Å². The molecule has 0 radical (unpaired) electrons. The minimum absolute atomic E-state index is 0.167. The summed E-state index contributed by atoms with van der Waals surface area (Å²) >= 11 is 2.33. The normalized spacial score (nSPS) is 12.3. The molecule has 0 fully saturated rings. The van der Waals surface area contributed by atoms with Gasteiger partial charge >= 0.3 is 0 Å². The van der Waals surface area contributed by atoms with E-state index in [1.165, 1.54) is 14.7 Å². The minimum Gasteiger partial charge on any atom is -0.317 e. The number of halogens is 2.